The van der Waals surface area contributed by atoms with E-state index in [0.29, 0.717) is 10.6 Å². The number of pyridine rings is 3. The number of fused-ring (bicyclic) bond motifs is 2. The largest absolute Gasteiger partial charge is 0.353 e. The maximum absolute atomic E-state index is 12.6. The van der Waals surface area contributed by atoms with E-state index >= 15 is 0 Å². The van der Waals surface area contributed by atoms with Gasteiger partial charge in [-0.1, -0.05) is 12.8 Å². The number of hydrogen-bond acceptors (Lipinski definition) is 7. The van der Waals surface area contributed by atoms with Gasteiger partial charge < -0.3 is 10.3 Å². The van der Waals surface area contributed by atoms with E-state index < -0.39 is 0 Å². The Kier molecular flexibility index (Phi) is 5.96. The molecule has 0 aromatic carbocycles. The number of rotatable bonds is 6. The summed E-state index contributed by atoms with van der Waals surface area (Å²) in [5, 5.41) is 12.6. The lowest BCUT2D eigenvalue weighted by Crippen LogP contribution is -2.20. The minimum Gasteiger partial charge on any atom is -0.353 e. The zero-order valence-corrected chi connectivity index (χ0v) is 22.5. The summed E-state index contributed by atoms with van der Waals surface area (Å²) in [6, 6.07) is 11.6. The first-order valence-electron chi connectivity index (χ1n) is 13.2. The standard InChI is InChI=1S/C30H25N7O2S/c1-16(38)26-6-7-27(40-26)29-20-12-24(35-22(20)8-9-32-29)28-21-11-23(33-15-25(21)36-37-28)18-10-19(14-31-13-18)34-30(39)17-4-2-3-5-17/h6-15,17,35H,2-5H2,1H3,(H,34,39)(H,36,37). The number of Topliss-reactive ketones (excluding diaryl/α,β-unsaturated/α-hetero) is 1. The fourth-order valence-electron chi connectivity index (χ4n) is 5.39. The van der Waals surface area contributed by atoms with Gasteiger partial charge in [0.15, 0.2) is 5.78 Å². The Morgan fingerprint density at radius 2 is 1.80 bits per heavy atom. The molecule has 7 rings (SSSR count). The van der Waals surface area contributed by atoms with Crippen LogP contribution in [0.25, 0.3) is 55.0 Å². The number of aromatic nitrogens is 6. The van der Waals surface area contributed by atoms with E-state index in [1.807, 2.05) is 36.4 Å². The summed E-state index contributed by atoms with van der Waals surface area (Å²) in [4.78, 5) is 43.2. The van der Waals surface area contributed by atoms with Crippen LogP contribution >= 0.6 is 11.3 Å². The monoisotopic (exact) mass is 547 g/mol. The van der Waals surface area contributed by atoms with Gasteiger partial charge in [-0.2, -0.15) is 5.10 Å². The SMILES string of the molecule is CC(=O)c1ccc(-c2nccc3[nH]c(-c4n[nH]c5cnc(-c6cncc(NC(=O)C7CCCC7)c6)cc45)cc23)s1. The van der Waals surface area contributed by atoms with Crippen molar-refractivity contribution < 1.29 is 9.59 Å². The highest BCUT2D eigenvalue weighted by Crippen LogP contribution is 2.36. The Morgan fingerprint density at radius 3 is 2.62 bits per heavy atom. The van der Waals surface area contributed by atoms with E-state index in [4.69, 9.17) is 0 Å². The Balaban J connectivity index is 1.24. The first-order valence-corrected chi connectivity index (χ1v) is 14.0. The molecular formula is C30H25N7O2S. The van der Waals surface area contributed by atoms with Gasteiger partial charge in [0, 0.05) is 40.2 Å². The van der Waals surface area contributed by atoms with E-state index in [0.717, 1.165) is 80.7 Å². The van der Waals surface area contributed by atoms with Crippen molar-refractivity contribution in [2.75, 3.05) is 5.32 Å². The van der Waals surface area contributed by atoms with Crippen LogP contribution < -0.4 is 5.32 Å². The average molecular weight is 548 g/mol. The molecule has 6 heterocycles. The zero-order chi connectivity index (χ0) is 27.2. The summed E-state index contributed by atoms with van der Waals surface area (Å²) in [5.41, 5.74) is 6.36. The van der Waals surface area contributed by atoms with E-state index in [1.54, 1.807) is 31.7 Å². The van der Waals surface area contributed by atoms with Crippen LogP contribution in [0.1, 0.15) is 42.3 Å². The van der Waals surface area contributed by atoms with Gasteiger partial charge in [0.25, 0.3) is 0 Å². The van der Waals surface area contributed by atoms with Crippen LogP contribution in [0.3, 0.4) is 0 Å². The third-order valence-electron chi connectivity index (χ3n) is 7.46. The normalized spacial score (nSPS) is 13.8. The van der Waals surface area contributed by atoms with Crippen molar-refractivity contribution in [1.82, 2.24) is 30.1 Å². The molecule has 0 aliphatic heterocycles. The summed E-state index contributed by atoms with van der Waals surface area (Å²) in [7, 11) is 0. The van der Waals surface area contributed by atoms with Gasteiger partial charge in [-0.15, -0.1) is 11.3 Å². The van der Waals surface area contributed by atoms with Crippen LogP contribution in [0.5, 0.6) is 0 Å². The second-order valence-electron chi connectivity index (χ2n) is 10.1. The Labute approximate surface area is 233 Å². The molecule has 6 aromatic rings. The van der Waals surface area contributed by atoms with E-state index in [2.05, 4.69) is 35.5 Å². The van der Waals surface area contributed by atoms with Crippen molar-refractivity contribution in [3.05, 3.63) is 66.1 Å². The third kappa shape index (κ3) is 4.36. The zero-order valence-electron chi connectivity index (χ0n) is 21.7. The molecule has 1 aliphatic rings. The molecule has 0 bridgehead atoms. The minimum absolute atomic E-state index is 0.0440. The first-order chi connectivity index (χ1) is 19.5. The smallest absolute Gasteiger partial charge is 0.227 e. The molecule has 6 aromatic heterocycles. The molecule has 1 aliphatic carbocycles. The number of hydrogen-bond donors (Lipinski definition) is 3. The second-order valence-corrected chi connectivity index (χ2v) is 11.2. The molecule has 0 saturated heterocycles. The van der Waals surface area contributed by atoms with Gasteiger partial charge in [-0.25, -0.2) is 0 Å². The minimum atomic E-state index is 0.0440. The summed E-state index contributed by atoms with van der Waals surface area (Å²) < 4.78 is 0. The third-order valence-corrected chi connectivity index (χ3v) is 8.66. The van der Waals surface area contributed by atoms with E-state index in [9.17, 15) is 9.59 Å². The predicted octanol–water partition coefficient (Wildman–Crippen LogP) is 6.62. The lowest BCUT2D eigenvalue weighted by atomic mass is 10.1. The molecule has 0 radical (unpaired) electrons. The highest BCUT2D eigenvalue weighted by Gasteiger charge is 2.23. The number of anilines is 1. The predicted molar refractivity (Wildman–Crippen MR) is 156 cm³/mol. The molecule has 198 valence electrons. The van der Waals surface area contributed by atoms with Gasteiger partial charge in [-0.05, 0) is 56.2 Å². The quantitative estimate of drug-likeness (QED) is 0.201. The van der Waals surface area contributed by atoms with Crippen molar-refractivity contribution in [1.29, 1.82) is 0 Å². The van der Waals surface area contributed by atoms with Crippen LogP contribution in [0.2, 0.25) is 0 Å². The molecule has 0 spiro atoms. The second kappa shape index (κ2) is 9.80. The maximum atomic E-state index is 12.6. The molecule has 0 atom stereocenters. The lowest BCUT2D eigenvalue weighted by Gasteiger charge is -2.11. The molecule has 1 amide bonds. The molecule has 1 saturated carbocycles. The van der Waals surface area contributed by atoms with Crippen molar-refractivity contribution in [2.24, 2.45) is 5.92 Å². The van der Waals surface area contributed by atoms with E-state index in [-0.39, 0.29) is 17.6 Å². The fraction of sp³-hybridized carbons (Fsp3) is 0.200. The Bertz CT molecular complexity index is 1910. The van der Waals surface area contributed by atoms with Crippen LogP contribution in [0, 0.1) is 5.92 Å². The van der Waals surface area contributed by atoms with Gasteiger partial charge in [-0.3, -0.25) is 29.6 Å². The molecule has 10 heteroatoms. The number of nitrogens with zero attached hydrogens (tertiary/aromatic N) is 4. The number of carbonyl (C=O) groups excluding carboxylic acids is 2. The van der Waals surface area contributed by atoms with Crippen LogP contribution in [-0.2, 0) is 4.79 Å². The summed E-state index contributed by atoms with van der Waals surface area (Å²) >= 11 is 1.44. The number of nitrogens with one attached hydrogen (secondary N) is 3. The molecule has 40 heavy (non-hydrogen) atoms. The molecule has 9 nitrogen and oxygen atoms in total. The number of H-pyrrole nitrogens is 2. The Morgan fingerprint density at radius 1 is 0.950 bits per heavy atom. The van der Waals surface area contributed by atoms with Gasteiger partial charge >= 0.3 is 0 Å². The number of thiophene rings is 1. The van der Waals surface area contributed by atoms with Crippen molar-refractivity contribution in [3.63, 3.8) is 0 Å². The maximum Gasteiger partial charge on any atom is 0.227 e. The molecule has 3 N–H and O–H groups in total. The van der Waals surface area contributed by atoms with Gasteiger partial charge in [0.2, 0.25) is 5.91 Å². The number of ketones is 1. The van der Waals surface area contributed by atoms with Crippen LogP contribution in [-0.4, -0.2) is 41.8 Å². The molecular weight excluding hydrogens is 522 g/mol. The van der Waals surface area contributed by atoms with Crippen LogP contribution in [0.15, 0.2) is 61.2 Å². The highest BCUT2D eigenvalue weighted by molar-refractivity contribution is 7.17. The summed E-state index contributed by atoms with van der Waals surface area (Å²) in [6.45, 7) is 1.57. The molecule has 1 fully saturated rings. The number of carbonyl (C=O) groups is 2. The number of amides is 1. The fourth-order valence-corrected chi connectivity index (χ4v) is 6.30. The summed E-state index contributed by atoms with van der Waals surface area (Å²) in [6.07, 6.45) is 11.0. The first kappa shape index (κ1) is 24.3. The van der Waals surface area contributed by atoms with Crippen molar-refractivity contribution in [3.8, 4) is 33.2 Å². The molecule has 0 unspecified atom stereocenters. The lowest BCUT2D eigenvalue weighted by molar-refractivity contribution is -0.119. The van der Waals surface area contributed by atoms with Crippen LogP contribution in [0.4, 0.5) is 5.69 Å². The van der Waals surface area contributed by atoms with Crippen molar-refractivity contribution in [2.45, 2.75) is 32.6 Å². The Hall–Kier alpha value is -4.70. The van der Waals surface area contributed by atoms with Crippen molar-refractivity contribution >= 4 is 50.5 Å². The van der Waals surface area contributed by atoms with Gasteiger partial charge in [0.05, 0.1) is 50.4 Å². The highest BCUT2D eigenvalue weighted by atomic mass is 32.1. The summed E-state index contributed by atoms with van der Waals surface area (Å²) in [5.74, 6) is 0.182. The topological polar surface area (TPSA) is 129 Å². The van der Waals surface area contributed by atoms with E-state index in [1.165, 1.54) is 11.3 Å². The van der Waals surface area contributed by atoms with Gasteiger partial charge in [0.1, 0.15) is 5.69 Å². The number of aromatic amines is 2. The average Bonchev–Trinajstić information content (AvgIpc) is 3.78.